The Kier molecular flexibility index (Phi) is 6.13. The van der Waals surface area contributed by atoms with E-state index in [2.05, 4.69) is 9.34 Å². The standard InChI is InChI=1S/C12H24ClN2O2P/c1-16-9-7-14-11-5-3-4-6-12(11)15(18(14)13)8-10-17-2/h11-12H,3-10H2,1-2H3/t11-,12-/m1/s1. The Balaban J connectivity index is 2.01. The van der Waals surface area contributed by atoms with Gasteiger partial charge in [0.15, 0.2) is 0 Å². The van der Waals surface area contributed by atoms with E-state index in [1.807, 2.05) is 0 Å². The summed E-state index contributed by atoms with van der Waals surface area (Å²) in [6, 6.07) is 1.27. The summed E-state index contributed by atoms with van der Waals surface area (Å²) >= 11 is 6.70. The molecule has 0 N–H and O–H groups in total. The highest BCUT2D eigenvalue weighted by atomic mass is 35.7. The summed E-state index contributed by atoms with van der Waals surface area (Å²) in [5.74, 6) is 0. The van der Waals surface area contributed by atoms with Gasteiger partial charge in [-0.25, -0.2) is 0 Å². The fourth-order valence-electron chi connectivity index (χ4n) is 3.05. The van der Waals surface area contributed by atoms with Crippen molar-refractivity contribution in [2.24, 2.45) is 0 Å². The Morgan fingerprint density at radius 1 is 1.00 bits per heavy atom. The van der Waals surface area contributed by atoms with Gasteiger partial charge in [0.2, 0.25) is 0 Å². The Morgan fingerprint density at radius 3 is 1.83 bits per heavy atom. The third kappa shape index (κ3) is 3.17. The predicted octanol–water partition coefficient (Wildman–Crippen LogP) is 2.67. The van der Waals surface area contributed by atoms with Gasteiger partial charge in [0, 0.05) is 39.4 Å². The van der Waals surface area contributed by atoms with Gasteiger partial charge in [-0.05, 0) is 12.8 Å². The lowest BCUT2D eigenvalue weighted by molar-refractivity contribution is 0.136. The average molecular weight is 295 g/mol. The lowest BCUT2D eigenvalue weighted by Gasteiger charge is -2.31. The molecule has 1 aliphatic carbocycles. The second-order valence-corrected chi connectivity index (χ2v) is 7.39. The van der Waals surface area contributed by atoms with Crippen LogP contribution in [0.2, 0.25) is 0 Å². The topological polar surface area (TPSA) is 24.9 Å². The molecular formula is C12H24ClN2O2P. The molecule has 2 rings (SSSR count). The summed E-state index contributed by atoms with van der Waals surface area (Å²) in [5, 5.41) is 0. The minimum Gasteiger partial charge on any atom is -0.383 e. The van der Waals surface area contributed by atoms with Crippen molar-refractivity contribution < 1.29 is 9.47 Å². The van der Waals surface area contributed by atoms with Crippen LogP contribution in [0, 0.1) is 0 Å². The molecule has 0 spiro atoms. The van der Waals surface area contributed by atoms with Crippen molar-refractivity contribution in [2.45, 2.75) is 37.8 Å². The van der Waals surface area contributed by atoms with Crippen LogP contribution in [0.25, 0.3) is 0 Å². The summed E-state index contributed by atoms with van der Waals surface area (Å²) in [7, 11) is 2.83. The van der Waals surface area contributed by atoms with E-state index in [0.29, 0.717) is 12.1 Å². The molecule has 0 aromatic rings. The zero-order valence-electron chi connectivity index (χ0n) is 11.3. The van der Waals surface area contributed by atoms with Crippen LogP contribution < -0.4 is 0 Å². The average Bonchev–Trinajstić information content (AvgIpc) is 2.66. The first-order chi connectivity index (χ1) is 8.79. The van der Waals surface area contributed by atoms with Crippen molar-refractivity contribution in [2.75, 3.05) is 40.5 Å². The SMILES string of the molecule is COCCN1[C@@H]2CCCC[C@H]2N(CCOC)P1Cl. The van der Waals surface area contributed by atoms with Crippen LogP contribution in [0.15, 0.2) is 0 Å². The number of ether oxygens (including phenoxy) is 2. The van der Waals surface area contributed by atoms with Gasteiger partial charge in [0.25, 0.3) is 0 Å². The molecule has 0 amide bonds. The third-order valence-corrected chi connectivity index (χ3v) is 6.94. The van der Waals surface area contributed by atoms with Crippen LogP contribution in [-0.4, -0.2) is 61.9 Å². The summed E-state index contributed by atoms with van der Waals surface area (Å²) in [4.78, 5) is 0. The van der Waals surface area contributed by atoms with E-state index < -0.39 is 7.58 Å². The molecular weight excluding hydrogens is 271 g/mol. The van der Waals surface area contributed by atoms with E-state index in [1.165, 1.54) is 25.7 Å². The molecule has 6 heteroatoms. The van der Waals surface area contributed by atoms with Crippen LogP contribution in [-0.2, 0) is 9.47 Å². The van der Waals surface area contributed by atoms with Crippen molar-refractivity contribution in [1.29, 1.82) is 0 Å². The Morgan fingerprint density at radius 2 is 1.44 bits per heavy atom. The molecule has 2 fully saturated rings. The van der Waals surface area contributed by atoms with Crippen molar-refractivity contribution in [3.05, 3.63) is 0 Å². The van der Waals surface area contributed by atoms with Crippen molar-refractivity contribution in [1.82, 2.24) is 9.34 Å². The molecule has 0 radical (unpaired) electrons. The minimum absolute atomic E-state index is 0.634. The molecule has 2 atom stereocenters. The number of fused-ring (bicyclic) bond motifs is 1. The number of nitrogens with zero attached hydrogens (tertiary/aromatic N) is 2. The number of hydrogen-bond donors (Lipinski definition) is 0. The van der Waals surface area contributed by atoms with Gasteiger partial charge in [0.05, 0.1) is 13.2 Å². The van der Waals surface area contributed by atoms with Crippen LogP contribution in [0.4, 0.5) is 0 Å². The monoisotopic (exact) mass is 294 g/mol. The summed E-state index contributed by atoms with van der Waals surface area (Å²) in [6.45, 7) is 3.45. The zero-order valence-corrected chi connectivity index (χ0v) is 13.0. The molecule has 0 aromatic carbocycles. The van der Waals surface area contributed by atoms with Crippen LogP contribution >= 0.6 is 18.8 Å². The summed E-state index contributed by atoms with van der Waals surface area (Å²) in [5.41, 5.74) is 0. The first-order valence-electron chi connectivity index (χ1n) is 6.76. The maximum atomic E-state index is 6.70. The Hall–Kier alpha value is 0.560. The highest BCUT2D eigenvalue weighted by Crippen LogP contribution is 2.60. The van der Waals surface area contributed by atoms with Gasteiger partial charge in [0.1, 0.15) is 7.58 Å². The normalized spacial score (nSPS) is 30.8. The fourth-order valence-corrected chi connectivity index (χ4v) is 5.99. The van der Waals surface area contributed by atoms with E-state index in [4.69, 9.17) is 20.7 Å². The van der Waals surface area contributed by atoms with Gasteiger partial charge in [-0.3, -0.25) is 9.34 Å². The van der Waals surface area contributed by atoms with E-state index >= 15 is 0 Å². The number of hydrogen-bond acceptors (Lipinski definition) is 4. The smallest absolute Gasteiger partial charge is 0.141 e. The second-order valence-electron chi connectivity index (χ2n) is 4.97. The van der Waals surface area contributed by atoms with Crippen molar-refractivity contribution in [3.63, 3.8) is 0 Å². The number of methoxy groups -OCH3 is 2. The first kappa shape index (κ1) is 15.0. The van der Waals surface area contributed by atoms with E-state index in [1.54, 1.807) is 14.2 Å². The number of halogens is 1. The van der Waals surface area contributed by atoms with E-state index in [-0.39, 0.29) is 0 Å². The van der Waals surface area contributed by atoms with E-state index in [9.17, 15) is 0 Å². The molecule has 1 saturated heterocycles. The molecule has 0 aromatic heterocycles. The van der Waals surface area contributed by atoms with Crippen molar-refractivity contribution in [3.8, 4) is 0 Å². The first-order valence-corrected chi connectivity index (χ1v) is 8.91. The lowest BCUT2D eigenvalue weighted by atomic mass is 9.90. The second kappa shape index (κ2) is 7.37. The number of rotatable bonds is 6. The summed E-state index contributed by atoms with van der Waals surface area (Å²) < 4.78 is 15.4. The van der Waals surface area contributed by atoms with Crippen molar-refractivity contribution >= 4 is 18.8 Å². The Bertz CT molecular complexity index is 236. The van der Waals surface area contributed by atoms with Gasteiger partial charge in [-0.15, -0.1) is 0 Å². The minimum atomic E-state index is -0.686. The molecule has 18 heavy (non-hydrogen) atoms. The third-order valence-electron chi connectivity index (χ3n) is 3.93. The molecule has 106 valence electrons. The fraction of sp³-hybridized carbons (Fsp3) is 1.00. The maximum absolute atomic E-state index is 6.70. The lowest BCUT2D eigenvalue weighted by Crippen LogP contribution is -2.41. The van der Waals surface area contributed by atoms with Gasteiger partial charge < -0.3 is 9.47 Å². The highest BCUT2D eigenvalue weighted by molar-refractivity contribution is 7.80. The molecule has 0 bridgehead atoms. The van der Waals surface area contributed by atoms with Crippen LogP contribution in [0.3, 0.4) is 0 Å². The molecule has 2 aliphatic rings. The van der Waals surface area contributed by atoms with Gasteiger partial charge in [-0.1, -0.05) is 24.1 Å². The maximum Gasteiger partial charge on any atom is 0.141 e. The zero-order chi connectivity index (χ0) is 13.0. The largest absolute Gasteiger partial charge is 0.383 e. The Labute approximate surface area is 116 Å². The molecule has 1 saturated carbocycles. The highest BCUT2D eigenvalue weighted by Gasteiger charge is 2.46. The van der Waals surface area contributed by atoms with Gasteiger partial charge >= 0.3 is 0 Å². The van der Waals surface area contributed by atoms with Crippen LogP contribution in [0.1, 0.15) is 25.7 Å². The molecule has 0 unspecified atom stereocenters. The molecule has 1 aliphatic heterocycles. The van der Waals surface area contributed by atoms with E-state index in [0.717, 1.165) is 26.3 Å². The quantitative estimate of drug-likeness (QED) is 0.703. The predicted molar refractivity (Wildman–Crippen MR) is 76.0 cm³/mol. The van der Waals surface area contributed by atoms with Gasteiger partial charge in [-0.2, -0.15) is 0 Å². The van der Waals surface area contributed by atoms with Crippen LogP contribution in [0.5, 0.6) is 0 Å². The summed E-state index contributed by atoms with van der Waals surface area (Å²) in [6.07, 6.45) is 5.23. The molecule has 1 heterocycles. The molecule has 4 nitrogen and oxygen atoms in total.